The van der Waals surface area contributed by atoms with Crippen LogP contribution in [0.15, 0.2) is 46.3 Å². The molecule has 0 amide bonds. The van der Waals surface area contributed by atoms with E-state index >= 15 is 0 Å². The Morgan fingerprint density at radius 3 is 2.61 bits per heavy atom. The molecule has 0 radical (unpaired) electrons. The Morgan fingerprint density at radius 1 is 1.19 bits per heavy atom. The summed E-state index contributed by atoms with van der Waals surface area (Å²) in [6.45, 7) is 0.710. The second-order valence-electron chi connectivity index (χ2n) is 8.57. The summed E-state index contributed by atoms with van der Waals surface area (Å²) in [6.07, 6.45) is 2.29. The number of quaternary nitrogens is 1. The molecule has 2 aromatic carbocycles. The second kappa shape index (κ2) is 9.07. The van der Waals surface area contributed by atoms with E-state index in [0.29, 0.717) is 27.8 Å². The smallest absolute Gasteiger partial charge is 0.286 e. The molecule has 1 fully saturated rings. The van der Waals surface area contributed by atoms with Crippen LogP contribution in [0.4, 0.5) is 5.69 Å². The normalized spacial score (nSPS) is 22.6. The Morgan fingerprint density at radius 2 is 1.97 bits per heavy atom. The van der Waals surface area contributed by atoms with Crippen molar-refractivity contribution in [3.63, 3.8) is 0 Å². The molecule has 188 valence electrons. The van der Waals surface area contributed by atoms with Crippen LogP contribution in [0.25, 0.3) is 16.3 Å². The number of aryl methyl sites for hydroxylation is 1. The number of hydrogen-bond acceptors (Lipinski definition) is 7. The first kappa shape index (κ1) is 25.6. The molecule has 0 saturated carbocycles. The average molecular weight is 586 g/mol. The largest absolute Gasteiger partial charge is 0.320 e. The van der Waals surface area contributed by atoms with Gasteiger partial charge in [-0.1, -0.05) is 22.9 Å². The molecule has 5 rings (SSSR count). The highest BCUT2D eigenvalue weighted by molar-refractivity contribution is 8.03. The zero-order valence-electron chi connectivity index (χ0n) is 18.5. The van der Waals surface area contributed by atoms with Gasteiger partial charge in [-0.3, -0.25) is 9.11 Å². The van der Waals surface area contributed by atoms with Crippen LogP contribution in [0.1, 0.15) is 23.4 Å². The third-order valence-corrected chi connectivity index (χ3v) is 11.1. The third kappa shape index (κ3) is 4.46. The fourth-order valence-corrected chi connectivity index (χ4v) is 9.20. The summed E-state index contributed by atoms with van der Waals surface area (Å²) in [4.78, 5) is 0.838. The highest BCUT2D eigenvalue weighted by atomic mass is 35.5. The molecule has 1 aromatic heterocycles. The Kier molecular flexibility index (Phi) is 6.46. The number of halogens is 1. The number of fused-ring (bicyclic) bond motifs is 3. The lowest BCUT2D eigenvalue weighted by Gasteiger charge is -2.47. The topological polar surface area (TPSA) is 136 Å². The van der Waals surface area contributed by atoms with Gasteiger partial charge in [0.25, 0.3) is 15.1 Å². The van der Waals surface area contributed by atoms with Crippen LogP contribution in [0, 0.1) is 11.3 Å². The Balaban J connectivity index is 1.67. The first-order valence-corrected chi connectivity index (χ1v) is 15.9. The molecule has 9 nitrogen and oxygen atoms in total. The van der Waals surface area contributed by atoms with Gasteiger partial charge in [-0.15, -0.1) is 0 Å². The molecule has 2 atom stereocenters. The van der Waals surface area contributed by atoms with Gasteiger partial charge in [-0.25, -0.2) is 4.48 Å². The van der Waals surface area contributed by atoms with E-state index < -0.39 is 31.4 Å². The average Bonchev–Trinajstić information content (AvgIpc) is 3.26. The molecule has 2 aliphatic rings. The van der Waals surface area contributed by atoms with Gasteiger partial charge in [0.15, 0.2) is 17.3 Å². The number of nitriles is 1. The first-order chi connectivity index (χ1) is 16.9. The molecule has 0 bridgehead atoms. The molecule has 1 saturated heterocycles. The maximum atomic E-state index is 12.3. The molecule has 2 N–H and O–H groups in total. The summed E-state index contributed by atoms with van der Waals surface area (Å²) in [7, 11) is -8.52. The van der Waals surface area contributed by atoms with Crippen LogP contribution in [-0.4, -0.2) is 43.6 Å². The Bertz CT molecular complexity index is 1690. The Hall–Kier alpha value is -2.02. The second-order valence-corrected chi connectivity index (χ2v) is 14.3. The minimum atomic E-state index is -4.37. The molecular formula is C22H20ClN3O6S4+2. The van der Waals surface area contributed by atoms with Gasteiger partial charge in [0.2, 0.25) is 10.9 Å². The summed E-state index contributed by atoms with van der Waals surface area (Å²) in [5, 5.41) is 10.2. The van der Waals surface area contributed by atoms with Gasteiger partial charge < -0.3 is 0 Å². The van der Waals surface area contributed by atoms with Crippen molar-refractivity contribution < 1.29 is 30.5 Å². The van der Waals surface area contributed by atoms with Gasteiger partial charge in [0.05, 0.1) is 41.3 Å². The first-order valence-electron chi connectivity index (χ1n) is 10.8. The Labute approximate surface area is 221 Å². The molecular weight excluding hydrogens is 566 g/mol. The van der Waals surface area contributed by atoms with Gasteiger partial charge in [0.1, 0.15) is 4.70 Å². The fraction of sp³-hybridized carbons (Fsp3) is 0.273. The summed E-state index contributed by atoms with van der Waals surface area (Å²) in [5.74, 6) is -0.422. The molecule has 3 aromatic rings. The number of nitrogens with zero attached hydrogens (tertiary/aromatic N) is 3. The van der Waals surface area contributed by atoms with Crippen molar-refractivity contribution >= 4 is 76.9 Å². The predicted octanol–water partition coefficient (Wildman–Crippen LogP) is 4.02. The summed E-state index contributed by atoms with van der Waals surface area (Å²) in [6, 6.07) is 12.6. The molecule has 36 heavy (non-hydrogen) atoms. The number of thiazole rings is 1. The van der Waals surface area contributed by atoms with Crippen molar-refractivity contribution in [2.75, 3.05) is 12.3 Å². The lowest BCUT2D eigenvalue weighted by Crippen LogP contribution is -2.66. The number of thioether (sulfide) groups is 1. The van der Waals surface area contributed by atoms with Crippen molar-refractivity contribution in [3.8, 4) is 6.07 Å². The van der Waals surface area contributed by atoms with E-state index in [2.05, 4.69) is 6.07 Å². The maximum Gasteiger partial charge on any atom is 0.320 e. The zero-order valence-corrected chi connectivity index (χ0v) is 22.6. The van der Waals surface area contributed by atoms with E-state index in [4.69, 9.17) is 11.6 Å². The fourth-order valence-electron chi connectivity index (χ4n) is 4.76. The number of rotatable bonds is 6. The molecule has 14 heteroatoms. The molecule has 1 spiro atoms. The highest BCUT2D eigenvalue weighted by Gasteiger charge is 2.62. The van der Waals surface area contributed by atoms with Crippen LogP contribution in [0.3, 0.4) is 0 Å². The van der Waals surface area contributed by atoms with E-state index in [-0.39, 0.29) is 23.9 Å². The van der Waals surface area contributed by atoms with Crippen LogP contribution >= 0.6 is 34.7 Å². The third-order valence-electron chi connectivity index (χ3n) is 6.41. The number of aromatic nitrogens is 1. The summed E-state index contributed by atoms with van der Waals surface area (Å²) >= 11 is 9.07. The summed E-state index contributed by atoms with van der Waals surface area (Å²) in [5.41, 5.74) is 1.88. The SMILES string of the molecule is N#Cc1ccc2sc(C=C3Sc4ccc(Cl)cc4[N+]34CCC4S(=O)(=O)O)[n+](CCCS(=O)(=O)O)c2c1. The van der Waals surface area contributed by atoms with Crippen LogP contribution in [-0.2, 0) is 26.8 Å². The van der Waals surface area contributed by atoms with E-state index in [1.807, 2.05) is 22.8 Å². The quantitative estimate of drug-likeness (QED) is 0.251. The zero-order chi connectivity index (χ0) is 25.9. The molecule has 0 aliphatic carbocycles. The van der Waals surface area contributed by atoms with E-state index in [9.17, 15) is 31.2 Å². The molecule has 2 aliphatic heterocycles. The van der Waals surface area contributed by atoms with Crippen LogP contribution in [0.2, 0.25) is 5.02 Å². The minimum absolute atomic E-state index is 0.0674. The van der Waals surface area contributed by atoms with E-state index in [1.54, 1.807) is 24.3 Å². The van der Waals surface area contributed by atoms with Crippen LogP contribution < -0.4 is 9.05 Å². The van der Waals surface area contributed by atoms with Crippen LogP contribution in [0.5, 0.6) is 0 Å². The van der Waals surface area contributed by atoms with Gasteiger partial charge in [-0.05, 0) is 36.0 Å². The lowest BCUT2D eigenvalue weighted by molar-refractivity contribution is -0.668. The van der Waals surface area contributed by atoms with Crippen molar-refractivity contribution in [1.82, 2.24) is 4.48 Å². The van der Waals surface area contributed by atoms with Crippen molar-refractivity contribution in [3.05, 3.63) is 57.0 Å². The minimum Gasteiger partial charge on any atom is -0.286 e. The summed E-state index contributed by atoms with van der Waals surface area (Å²) < 4.78 is 69.2. The monoisotopic (exact) mass is 585 g/mol. The lowest BCUT2D eigenvalue weighted by atomic mass is 10.1. The standard InChI is InChI=1S/C22H18ClN3O6S4/c23-15-3-5-19-17(11-15)26(8-6-22(26)36(30,31)32)21(34-19)12-20-25(7-1-9-35(27,28)29)16-10-14(13-24)2-4-18(16)33-20/h2-5,10-12,22H,1,6-9H2/p+2. The number of benzene rings is 2. The number of hydrogen-bond donors (Lipinski definition) is 2. The van der Waals surface area contributed by atoms with Gasteiger partial charge in [-0.2, -0.15) is 26.7 Å². The molecule has 2 unspecified atom stereocenters. The predicted molar refractivity (Wildman–Crippen MR) is 140 cm³/mol. The molecule has 3 heterocycles. The van der Waals surface area contributed by atoms with Gasteiger partial charge in [0, 0.05) is 23.6 Å². The maximum absolute atomic E-state index is 12.3. The van der Waals surface area contributed by atoms with Crippen molar-refractivity contribution in [2.45, 2.75) is 29.7 Å². The van der Waals surface area contributed by atoms with Crippen molar-refractivity contribution in [2.24, 2.45) is 0 Å². The van der Waals surface area contributed by atoms with E-state index in [0.717, 1.165) is 20.1 Å². The van der Waals surface area contributed by atoms with Gasteiger partial charge >= 0.3 is 10.1 Å². The highest BCUT2D eigenvalue weighted by Crippen LogP contribution is 2.58. The van der Waals surface area contributed by atoms with Crippen molar-refractivity contribution in [1.29, 1.82) is 5.26 Å². The van der Waals surface area contributed by atoms with E-state index in [1.165, 1.54) is 23.1 Å².